The molecular weight excluding hydrogens is 180 g/mol. The molecule has 0 saturated heterocycles. The predicted molar refractivity (Wildman–Crippen MR) is 54.7 cm³/mol. The van der Waals surface area contributed by atoms with Crippen molar-refractivity contribution >= 4 is 0 Å². The normalized spacial score (nSPS) is 26.7. The summed E-state index contributed by atoms with van der Waals surface area (Å²) in [6.45, 7) is 2.32. The highest BCUT2D eigenvalue weighted by atomic mass is 17.2. The Bertz CT molecular complexity index is 168. The van der Waals surface area contributed by atoms with Crippen molar-refractivity contribution in [3.05, 3.63) is 12.2 Å². The van der Waals surface area contributed by atoms with Gasteiger partial charge in [-0.3, -0.25) is 0 Å². The molecule has 82 valence electrons. The second kappa shape index (κ2) is 6.98. The van der Waals surface area contributed by atoms with Crippen molar-refractivity contribution in [3.8, 4) is 0 Å². The van der Waals surface area contributed by atoms with Crippen LogP contribution in [0.15, 0.2) is 12.2 Å². The molecule has 0 amide bonds. The number of aliphatic hydroxyl groups is 1. The zero-order chi connectivity index (χ0) is 10.2. The smallest absolute Gasteiger partial charge is 0.113 e. The van der Waals surface area contributed by atoms with E-state index >= 15 is 0 Å². The van der Waals surface area contributed by atoms with Crippen LogP contribution >= 0.6 is 0 Å². The number of hydrogen-bond donors (Lipinski definition) is 1. The number of unbranched alkanes of at least 4 members (excludes halogenated alkanes) is 2. The van der Waals surface area contributed by atoms with Gasteiger partial charge in [0.2, 0.25) is 0 Å². The Morgan fingerprint density at radius 2 is 1.71 bits per heavy atom. The van der Waals surface area contributed by atoms with Crippen molar-refractivity contribution in [1.29, 1.82) is 0 Å². The van der Waals surface area contributed by atoms with Gasteiger partial charge in [-0.1, -0.05) is 38.3 Å². The van der Waals surface area contributed by atoms with Gasteiger partial charge in [0.15, 0.2) is 0 Å². The Hall–Kier alpha value is -0.380. The van der Waals surface area contributed by atoms with Gasteiger partial charge in [-0.05, 0) is 6.42 Å². The summed E-state index contributed by atoms with van der Waals surface area (Å²) in [5, 5.41) is 8.69. The molecule has 0 aromatic rings. The van der Waals surface area contributed by atoms with Gasteiger partial charge in [0, 0.05) is 13.0 Å². The summed E-state index contributed by atoms with van der Waals surface area (Å²) in [5.41, 5.74) is 0. The Balaban J connectivity index is 2.15. The predicted octanol–water partition coefficient (Wildman–Crippen LogP) is 2.20. The summed E-state index contributed by atoms with van der Waals surface area (Å²) in [7, 11) is 0. The van der Waals surface area contributed by atoms with Crippen molar-refractivity contribution in [2.45, 2.75) is 51.2 Å². The molecule has 3 nitrogen and oxygen atoms in total. The minimum atomic E-state index is -0.0672. The van der Waals surface area contributed by atoms with Crippen LogP contribution in [-0.4, -0.2) is 23.9 Å². The summed E-state index contributed by atoms with van der Waals surface area (Å²) >= 11 is 0. The molecule has 2 atom stereocenters. The van der Waals surface area contributed by atoms with Gasteiger partial charge < -0.3 is 5.11 Å². The molecule has 0 radical (unpaired) electrons. The third-order valence-electron chi connectivity index (χ3n) is 2.35. The van der Waals surface area contributed by atoms with Gasteiger partial charge >= 0.3 is 0 Å². The minimum absolute atomic E-state index is 0.0672. The first kappa shape index (κ1) is 11.7. The topological polar surface area (TPSA) is 38.7 Å². The Kier molecular flexibility index (Phi) is 5.83. The van der Waals surface area contributed by atoms with Crippen molar-refractivity contribution in [2.24, 2.45) is 0 Å². The van der Waals surface area contributed by atoms with Crippen LogP contribution in [0.5, 0.6) is 0 Å². The van der Waals surface area contributed by atoms with Crippen molar-refractivity contribution in [2.75, 3.05) is 6.61 Å². The van der Waals surface area contributed by atoms with E-state index in [0.717, 1.165) is 6.42 Å². The fraction of sp³-hybridized carbons (Fsp3) is 0.818. The lowest BCUT2D eigenvalue weighted by atomic mass is 10.1. The molecular formula is C11H20O3. The van der Waals surface area contributed by atoms with E-state index < -0.39 is 0 Å². The van der Waals surface area contributed by atoms with Crippen LogP contribution in [0.1, 0.15) is 39.0 Å². The zero-order valence-electron chi connectivity index (χ0n) is 8.82. The second-order valence-corrected chi connectivity index (χ2v) is 3.66. The van der Waals surface area contributed by atoms with E-state index in [1.807, 2.05) is 12.2 Å². The van der Waals surface area contributed by atoms with E-state index in [2.05, 4.69) is 6.92 Å². The van der Waals surface area contributed by atoms with Crippen LogP contribution in [0.2, 0.25) is 0 Å². The monoisotopic (exact) mass is 200 g/mol. The third kappa shape index (κ3) is 4.22. The second-order valence-electron chi connectivity index (χ2n) is 3.66. The van der Waals surface area contributed by atoms with E-state index in [1.54, 1.807) is 0 Å². The highest BCUT2D eigenvalue weighted by Gasteiger charge is 2.16. The van der Waals surface area contributed by atoms with Crippen molar-refractivity contribution in [1.82, 2.24) is 0 Å². The lowest BCUT2D eigenvalue weighted by Gasteiger charge is -2.22. The van der Waals surface area contributed by atoms with Gasteiger partial charge in [0.05, 0.1) is 0 Å². The fourth-order valence-electron chi connectivity index (χ4n) is 1.47. The highest BCUT2D eigenvalue weighted by molar-refractivity contribution is 4.96. The minimum Gasteiger partial charge on any atom is -0.396 e. The third-order valence-corrected chi connectivity index (χ3v) is 2.35. The Morgan fingerprint density at radius 3 is 2.21 bits per heavy atom. The molecule has 0 fully saturated rings. The van der Waals surface area contributed by atoms with Crippen LogP contribution in [0, 0.1) is 0 Å². The summed E-state index contributed by atoms with van der Waals surface area (Å²) < 4.78 is 0. The number of hydrogen-bond acceptors (Lipinski definition) is 3. The van der Waals surface area contributed by atoms with Gasteiger partial charge in [-0.15, -0.1) is 0 Å². The average molecular weight is 200 g/mol. The van der Waals surface area contributed by atoms with Gasteiger partial charge in [-0.2, -0.15) is 0 Å². The molecule has 0 aliphatic carbocycles. The summed E-state index contributed by atoms with van der Waals surface area (Å²) in [5.74, 6) is 0. The molecule has 3 heteroatoms. The maximum Gasteiger partial charge on any atom is 0.113 e. The van der Waals surface area contributed by atoms with Crippen LogP contribution in [-0.2, 0) is 9.78 Å². The van der Waals surface area contributed by atoms with Crippen LogP contribution in [0.3, 0.4) is 0 Å². The standard InChI is InChI=1S/C11H20O3/c1-2-3-4-5-10-6-7-11(8-9-12)14-13-10/h6-7,10-12H,2-5,8-9H2,1H3/t10-,11-/m0/s1. The molecule has 1 aliphatic heterocycles. The van der Waals surface area contributed by atoms with E-state index in [-0.39, 0.29) is 18.8 Å². The average Bonchev–Trinajstić information content (AvgIpc) is 2.21. The van der Waals surface area contributed by atoms with E-state index in [4.69, 9.17) is 14.9 Å². The first-order valence-electron chi connectivity index (χ1n) is 5.48. The van der Waals surface area contributed by atoms with E-state index in [9.17, 15) is 0 Å². The molecule has 1 rings (SSSR count). The first-order valence-corrected chi connectivity index (χ1v) is 5.48. The lowest BCUT2D eigenvalue weighted by molar-refractivity contribution is -0.341. The molecule has 0 spiro atoms. The summed E-state index contributed by atoms with van der Waals surface area (Å²) in [4.78, 5) is 10.3. The zero-order valence-corrected chi connectivity index (χ0v) is 8.82. The lowest BCUT2D eigenvalue weighted by Crippen LogP contribution is -2.23. The highest BCUT2D eigenvalue weighted by Crippen LogP contribution is 2.16. The number of aliphatic hydroxyl groups excluding tert-OH is 1. The fourth-order valence-corrected chi connectivity index (χ4v) is 1.47. The van der Waals surface area contributed by atoms with Gasteiger partial charge in [0.25, 0.3) is 0 Å². The molecule has 0 bridgehead atoms. The first-order chi connectivity index (χ1) is 6.86. The molecule has 1 heterocycles. The van der Waals surface area contributed by atoms with Gasteiger partial charge in [0.1, 0.15) is 12.2 Å². The van der Waals surface area contributed by atoms with Crippen LogP contribution in [0.25, 0.3) is 0 Å². The summed E-state index contributed by atoms with van der Waals surface area (Å²) in [6.07, 6.45) is 9.35. The largest absolute Gasteiger partial charge is 0.396 e. The molecule has 0 unspecified atom stereocenters. The molecule has 0 aromatic heterocycles. The van der Waals surface area contributed by atoms with E-state index in [1.165, 1.54) is 19.3 Å². The molecule has 14 heavy (non-hydrogen) atoms. The Labute approximate surface area is 85.6 Å². The SMILES string of the molecule is CCCCC[C@H]1C=C[C@@H](CCO)OO1. The van der Waals surface area contributed by atoms with Gasteiger partial charge in [-0.25, -0.2) is 9.78 Å². The Morgan fingerprint density at radius 1 is 1.07 bits per heavy atom. The maximum absolute atomic E-state index is 8.69. The van der Waals surface area contributed by atoms with Crippen LogP contribution < -0.4 is 0 Å². The maximum atomic E-state index is 8.69. The molecule has 0 aromatic carbocycles. The van der Waals surface area contributed by atoms with Crippen LogP contribution in [0.4, 0.5) is 0 Å². The van der Waals surface area contributed by atoms with Crippen molar-refractivity contribution < 1.29 is 14.9 Å². The molecule has 1 N–H and O–H groups in total. The molecule has 1 aliphatic rings. The van der Waals surface area contributed by atoms with E-state index in [0.29, 0.717) is 6.42 Å². The quantitative estimate of drug-likeness (QED) is 0.406. The summed E-state index contributed by atoms with van der Waals surface area (Å²) in [6, 6.07) is 0. The molecule has 0 saturated carbocycles. The number of rotatable bonds is 6. The van der Waals surface area contributed by atoms with Crippen molar-refractivity contribution in [3.63, 3.8) is 0 Å².